The van der Waals surface area contributed by atoms with E-state index in [1.807, 2.05) is 50.2 Å². The summed E-state index contributed by atoms with van der Waals surface area (Å²) in [6, 6.07) is 13.1. The van der Waals surface area contributed by atoms with Gasteiger partial charge in [-0.3, -0.25) is 0 Å². The normalized spacial score (nSPS) is 10.8. The molecule has 0 spiro atoms. The van der Waals surface area contributed by atoms with Crippen LogP contribution in [0.25, 0.3) is 11.0 Å². The smallest absolute Gasteiger partial charge is 0.336 e. The molecule has 0 fully saturated rings. The molecule has 0 N–H and O–H groups in total. The lowest BCUT2D eigenvalue weighted by molar-refractivity contribution is 0.308. The van der Waals surface area contributed by atoms with Crippen molar-refractivity contribution in [1.29, 1.82) is 0 Å². The molecule has 0 bridgehead atoms. The van der Waals surface area contributed by atoms with Gasteiger partial charge >= 0.3 is 5.63 Å². The van der Waals surface area contributed by atoms with Crippen LogP contribution in [0.1, 0.15) is 23.6 Å². The lowest BCUT2D eigenvalue weighted by atomic mass is 10.0. The Balaban J connectivity index is 2.00. The second kappa shape index (κ2) is 6.79. The van der Waals surface area contributed by atoms with Crippen molar-refractivity contribution in [3.63, 3.8) is 0 Å². The van der Waals surface area contributed by atoms with Crippen LogP contribution in [0.15, 0.2) is 51.7 Å². The Morgan fingerprint density at radius 2 is 1.96 bits per heavy atom. The topological polar surface area (TPSA) is 48.7 Å². The predicted octanol–water partition coefficient (Wildman–Crippen LogP) is 4.25. The minimum atomic E-state index is -0.330. The Hall–Kier alpha value is -2.75. The standard InChI is InChI=1S/C20H20O4/c1-4-15-11-19(21)24-18-9-13(2)8-17(20(15)18)23-12-14-6-5-7-16(10-14)22-3/h5-11H,4,12H2,1-3H3. The van der Waals surface area contributed by atoms with E-state index in [0.29, 0.717) is 12.2 Å². The van der Waals surface area contributed by atoms with E-state index >= 15 is 0 Å². The lowest BCUT2D eigenvalue weighted by Crippen LogP contribution is -2.03. The Labute approximate surface area is 140 Å². The molecule has 0 atom stereocenters. The second-order valence-electron chi connectivity index (χ2n) is 5.72. The fourth-order valence-electron chi connectivity index (χ4n) is 2.79. The molecule has 0 saturated heterocycles. The average Bonchev–Trinajstić information content (AvgIpc) is 2.58. The fourth-order valence-corrected chi connectivity index (χ4v) is 2.79. The SMILES string of the molecule is CCc1cc(=O)oc2cc(C)cc(OCc3cccc(OC)c3)c12. The Morgan fingerprint density at radius 3 is 2.71 bits per heavy atom. The van der Waals surface area contributed by atoms with Gasteiger partial charge in [-0.25, -0.2) is 4.79 Å². The van der Waals surface area contributed by atoms with Gasteiger partial charge in [-0.1, -0.05) is 19.1 Å². The number of benzene rings is 2. The molecule has 3 aromatic rings. The molecule has 1 aromatic heterocycles. The number of methoxy groups -OCH3 is 1. The maximum atomic E-state index is 11.7. The van der Waals surface area contributed by atoms with Gasteiger partial charge in [-0.05, 0) is 54.3 Å². The van der Waals surface area contributed by atoms with Gasteiger partial charge in [0.2, 0.25) is 0 Å². The number of ether oxygens (including phenoxy) is 2. The van der Waals surface area contributed by atoms with E-state index in [4.69, 9.17) is 13.9 Å². The monoisotopic (exact) mass is 324 g/mol. The van der Waals surface area contributed by atoms with Crippen molar-refractivity contribution in [2.75, 3.05) is 7.11 Å². The minimum Gasteiger partial charge on any atom is -0.497 e. The first-order valence-electron chi connectivity index (χ1n) is 7.94. The Morgan fingerprint density at radius 1 is 1.12 bits per heavy atom. The molecular formula is C20H20O4. The molecular weight excluding hydrogens is 304 g/mol. The molecule has 2 aromatic carbocycles. The van der Waals surface area contributed by atoms with Crippen LogP contribution in [-0.4, -0.2) is 7.11 Å². The summed E-state index contributed by atoms with van der Waals surface area (Å²) in [5.41, 5.74) is 3.17. The van der Waals surface area contributed by atoms with Crippen molar-refractivity contribution in [1.82, 2.24) is 0 Å². The number of aryl methyl sites for hydroxylation is 2. The van der Waals surface area contributed by atoms with Gasteiger partial charge in [-0.2, -0.15) is 0 Å². The molecule has 0 unspecified atom stereocenters. The highest BCUT2D eigenvalue weighted by Gasteiger charge is 2.12. The van der Waals surface area contributed by atoms with E-state index in [-0.39, 0.29) is 5.63 Å². The van der Waals surface area contributed by atoms with Crippen LogP contribution < -0.4 is 15.1 Å². The van der Waals surface area contributed by atoms with Crippen molar-refractivity contribution in [3.8, 4) is 11.5 Å². The van der Waals surface area contributed by atoms with E-state index in [9.17, 15) is 4.79 Å². The third-order valence-electron chi connectivity index (χ3n) is 3.94. The maximum absolute atomic E-state index is 11.7. The molecule has 3 rings (SSSR count). The summed E-state index contributed by atoms with van der Waals surface area (Å²) in [6.07, 6.45) is 0.737. The average molecular weight is 324 g/mol. The molecule has 0 radical (unpaired) electrons. The van der Waals surface area contributed by atoms with Gasteiger partial charge in [0.25, 0.3) is 0 Å². The largest absolute Gasteiger partial charge is 0.497 e. The third-order valence-corrected chi connectivity index (χ3v) is 3.94. The zero-order valence-corrected chi connectivity index (χ0v) is 14.1. The van der Waals surface area contributed by atoms with E-state index in [2.05, 4.69) is 0 Å². The van der Waals surface area contributed by atoms with Crippen molar-refractivity contribution in [2.45, 2.75) is 26.9 Å². The quantitative estimate of drug-likeness (QED) is 0.658. The fraction of sp³-hybridized carbons (Fsp3) is 0.250. The molecule has 24 heavy (non-hydrogen) atoms. The number of hydrogen-bond acceptors (Lipinski definition) is 4. The van der Waals surface area contributed by atoms with Crippen molar-refractivity contribution >= 4 is 11.0 Å². The molecule has 0 amide bonds. The summed E-state index contributed by atoms with van der Waals surface area (Å²) >= 11 is 0. The van der Waals surface area contributed by atoms with Crippen LogP contribution in [-0.2, 0) is 13.0 Å². The summed E-state index contributed by atoms with van der Waals surface area (Å²) < 4.78 is 16.6. The number of hydrogen-bond donors (Lipinski definition) is 0. The Kier molecular flexibility index (Phi) is 4.56. The van der Waals surface area contributed by atoms with Crippen molar-refractivity contribution < 1.29 is 13.9 Å². The van der Waals surface area contributed by atoms with Gasteiger partial charge in [0.05, 0.1) is 12.5 Å². The van der Waals surface area contributed by atoms with Crippen LogP contribution in [0.5, 0.6) is 11.5 Å². The van der Waals surface area contributed by atoms with E-state index in [0.717, 1.165) is 40.0 Å². The lowest BCUT2D eigenvalue weighted by Gasteiger charge is -2.13. The highest BCUT2D eigenvalue weighted by atomic mass is 16.5. The molecule has 124 valence electrons. The minimum absolute atomic E-state index is 0.330. The van der Waals surface area contributed by atoms with E-state index < -0.39 is 0 Å². The predicted molar refractivity (Wildman–Crippen MR) is 93.9 cm³/mol. The highest BCUT2D eigenvalue weighted by molar-refractivity contribution is 5.87. The van der Waals surface area contributed by atoms with Gasteiger partial charge in [0, 0.05) is 6.07 Å². The van der Waals surface area contributed by atoms with Crippen LogP contribution >= 0.6 is 0 Å². The zero-order chi connectivity index (χ0) is 17.1. The first-order valence-corrected chi connectivity index (χ1v) is 7.94. The molecule has 4 nitrogen and oxygen atoms in total. The Bertz CT molecular complexity index is 925. The summed E-state index contributed by atoms with van der Waals surface area (Å²) in [5, 5.41) is 0.866. The van der Waals surface area contributed by atoms with Gasteiger partial charge in [-0.15, -0.1) is 0 Å². The van der Waals surface area contributed by atoms with E-state index in [1.165, 1.54) is 6.07 Å². The molecule has 1 heterocycles. The van der Waals surface area contributed by atoms with Crippen molar-refractivity contribution in [2.24, 2.45) is 0 Å². The molecule has 0 aliphatic carbocycles. The van der Waals surface area contributed by atoms with Gasteiger partial charge < -0.3 is 13.9 Å². The van der Waals surface area contributed by atoms with Gasteiger partial charge in [0.1, 0.15) is 23.7 Å². The van der Waals surface area contributed by atoms with Gasteiger partial charge in [0.15, 0.2) is 0 Å². The van der Waals surface area contributed by atoms with Crippen molar-refractivity contribution in [3.05, 3.63) is 69.6 Å². The number of rotatable bonds is 5. The van der Waals surface area contributed by atoms with Crippen LogP contribution in [0.4, 0.5) is 0 Å². The van der Waals surface area contributed by atoms with Crippen LogP contribution in [0, 0.1) is 6.92 Å². The first-order chi connectivity index (χ1) is 11.6. The highest BCUT2D eigenvalue weighted by Crippen LogP contribution is 2.31. The zero-order valence-electron chi connectivity index (χ0n) is 14.1. The van der Waals surface area contributed by atoms with Crippen LogP contribution in [0.3, 0.4) is 0 Å². The molecule has 0 aliphatic rings. The second-order valence-corrected chi connectivity index (χ2v) is 5.72. The molecule has 0 aliphatic heterocycles. The summed E-state index contributed by atoms with van der Waals surface area (Å²) in [6.45, 7) is 4.38. The summed E-state index contributed by atoms with van der Waals surface area (Å²) in [4.78, 5) is 11.7. The molecule has 4 heteroatoms. The first kappa shape index (κ1) is 16.1. The van der Waals surface area contributed by atoms with Crippen LogP contribution in [0.2, 0.25) is 0 Å². The summed E-state index contributed by atoms with van der Waals surface area (Å²) in [5.74, 6) is 1.53. The molecule has 0 saturated carbocycles. The maximum Gasteiger partial charge on any atom is 0.336 e. The van der Waals surface area contributed by atoms with E-state index in [1.54, 1.807) is 7.11 Å². The third kappa shape index (κ3) is 3.27. The summed E-state index contributed by atoms with van der Waals surface area (Å²) in [7, 11) is 1.64. The number of fused-ring (bicyclic) bond motifs is 1.